The first kappa shape index (κ1) is 21.0. The second-order valence-corrected chi connectivity index (χ2v) is 2.37. The van der Waals surface area contributed by atoms with E-state index in [1.54, 1.807) is 24.3 Å². The van der Waals surface area contributed by atoms with Crippen LogP contribution in [0.2, 0.25) is 0 Å². The fraction of sp³-hybridized carbons (Fsp3) is 0. The quantitative estimate of drug-likeness (QED) is 0.467. The third kappa shape index (κ3) is 20.7. The monoisotopic (exact) mass is 269 g/mol. The lowest BCUT2D eigenvalue weighted by Gasteiger charge is -1.86. The van der Waals surface area contributed by atoms with Crippen LogP contribution in [-0.4, -0.2) is 32.7 Å². The summed E-state index contributed by atoms with van der Waals surface area (Å²) >= 11 is 0. The summed E-state index contributed by atoms with van der Waals surface area (Å²) in [6, 6.07) is 10.5. The van der Waals surface area contributed by atoms with Crippen LogP contribution >= 0.6 is 0 Å². The van der Waals surface area contributed by atoms with Crippen molar-refractivity contribution in [3.63, 3.8) is 0 Å². The lowest BCUT2D eigenvalue weighted by Crippen LogP contribution is -1.81. The number of carboxylic acid groups (broad SMARTS) is 4. The maximum Gasteiger partial charge on any atom is 0.503 e. The van der Waals surface area contributed by atoms with Crippen LogP contribution in [0.3, 0.4) is 0 Å². The fourth-order valence-electron chi connectivity index (χ4n) is 0.658. The van der Waals surface area contributed by atoms with Gasteiger partial charge < -0.3 is 26.6 Å². The summed E-state index contributed by atoms with van der Waals surface area (Å²) in [5, 5.41) is 44.7. The Hall–Kier alpha value is -3.30. The topological polar surface area (TPSA) is 198 Å². The zero-order chi connectivity index (χ0) is 14.6. The predicted molar refractivity (Wildman–Crippen MR) is 62.2 cm³/mol. The van der Waals surface area contributed by atoms with Crippen molar-refractivity contribution in [1.29, 1.82) is 10.5 Å². The molecular weight excluding hydrogens is 258 g/mol. The number of hydrogen-bond donors (Lipinski definition) is 5. The Bertz CT molecular complexity index is 440. The van der Waals surface area contributed by atoms with Gasteiger partial charge in [0.05, 0.1) is 23.3 Å². The molecule has 0 fully saturated rings. The average molecular weight is 269 g/mol. The first-order valence-electron chi connectivity index (χ1n) is 4.07. The highest BCUT2D eigenvalue weighted by Gasteiger charge is 1.90. The van der Waals surface area contributed by atoms with E-state index < -0.39 is 12.3 Å². The first-order chi connectivity index (χ1) is 8.33. The van der Waals surface area contributed by atoms with Crippen LogP contribution in [0.15, 0.2) is 24.3 Å². The number of nitrogens with zero attached hydrogens (tertiary/aromatic N) is 2. The standard InChI is InChI=1S/C8H4N2.2CH2O3.H3N/c9-5-7-2-1-3-8(4-7)6-10;2*2-1(3)4;/h1-4H;2*(H2,2,3,4);1H3. The van der Waals surface area contributed by atoms with E-state index in [9.17, 15) is 0 Å². The minimum absolute atomic E-state index is 0. The normalized spacial score (nSPS) is 6.63. The lowest BCUT2D eigenvalue weighted by molar-refractivity contribution is 0.135. The summed E-state index contributed by atoms with van der Waals surface area (Å²) in [7, 11) is 0. The van der Waals surface area contributed by atoms with Gasteiger partial charge in [-0.05, 0) is 18.2 Å². The van der Waals surface area contributed by atoms with Gasteiger partial charge >= 0.3 is 12.3 Å². The van der Waals surface area contributed by atoms with Crippen molar-refractivity contribution in [2.45, 2.75) is 0 Å². The molecule has 1 rings (SSSR count). The number of hydrogen-bond acceptors (Lipinski definition) is 5. The van der Waals surface area contributed by atoms with E-state index in [-0.39, 0.29) is 6.15 Å². The molecule has 0 amide bonds. The Kier molecular flexibility index (Phi) is 14.1. The van der Waals surface area contributed by atoms with E-state index in [1.807, 2.05) is 12.1 Å². The number of carbonyl (C=O) groups is 2. The van der Waals surface area contributed by atoms with Gasteiger partial charge in [0.1, 0.15) is 0 Å². The number of benzene rings is 1. The molecule has 0 radical (unpaired) electrons. The highest BCUT2D eigenvalue weighted by Crippen LogP contribution is 2.01. The van der Waals surface area contributed by atoms with Crippen LogP contribution in [0.25, 0.3) is 0 Å². The Morgan fingerprint density at radius 2 is 1.16 bits per heavy atom. The molecule has 0 spiro atoms. The minimum atomic E-state index is -1.83. The van der Waals surface area contributed by atoms with Crippen molar-refractivity contribution in [3.05, 3.63) is 35.4 Å². The second kappa shape index (κ2) is 12.8. The molecule has 0 saturated carbocycles. The molecule has 1 aromatic carbocycles. The molecule has 0 saturated heterocycles. The molecule has 0 bridgehead atoms. The zero-order valence-electron chi connectivity index (χ0n) is 9.52. The van der Waals surface area contributed by atoms with Crippen LogP contribution < -0.4 is 6.15 Å². The second-order valence-electron chi connectivity index (χ2n) is 2.37. The van der Waals surface area contributed by atoms with Crippen molar-refractivity contribution in [2.24, 2.45) is 0 Å². The summed E-state index contributed by atoms with van der Waals surface area (Å²) in [4.78, 5) is 17.1. The number of nitriles is 2. The third-order valence-electron chi connectivity index (χ3n) is 1.12. The molecule has 0 heterocycles. The fourth-order valence-corrected chi connectivity index (χ4v) is 0.658. The summed E-state index contributed by atoms with van der Waals surface area (Å²) in [5.74, 6) is 0. The van der Waals surface area contributed by atoms with Crippen molar-refractivity contribution in [1.82, 2.24) is 6.15 Å². The largest absolute Gasteiger partial charge is 0.503 e. The molecule has 1 aromatic rings. The first-order valence-corrected chi connectivity index (χ1v) is 4.07. The molecule has 102 valence electrons. The summed E-state index contributed by atoms with van der Waals surface area (Å²) < 4.78 is 0. The summed E-state index contributed by atoms with van der Waals surface area (Å²) in [6.45, 7) is 0. The van der Waals surface area contributed by atoms with Gasteiger partial charge in [-0.2, -0.15) is 10.5 Å². The average Bonchev–Trinajstić information content (AvgIpc) is 2.27. The van der Waals surface area contributed by atoms with E-state index in [1.165, 1.54) is 0 Å². The Labute approximate surface area is 107 Å². The molecule has 19 heavy (non-hydrogen) atoms. The van der Waals surface area contributed by atoms with Gasteiger partial charge in [0.25, 0.3) is 0 Å². The molecule has 0 unspecified atom stereocenters. The van der Waals surface area contributed by atoms with E-state index >= 15 is 0 Å². The van der Waals surface area contributed by atoms with Crippen molar-refractivity contribution in [2.75, 3.05) is 0 Å². The van der Waals surface area contributed by atoms with Crippen LogP contribution in [0.5, 0.6) is 0 Å². The molecule has 0 aliphatic carbocycles. The van der Waals surface area contributed by atoms with Gasteiger partial charge in [-0.3, -0.25) is 0 Å². The van der Waals surface area contributed by atoms with E-state index in [0.717, 1.165) is 0 Å². The van der Waals surface area contributed by atoms with Crippen molar-refractivity contribution >= 4 is 12.3 Å². The lowest BCUT2D eigenvalue weighted by atomic mass is 10.2. The van der Waals surface area contributed by atoms with Crippen LogP contribution in [0.4, 0.5) is 9.59 Å². The van der Waals surface area contributed by atoms with Crippen LogP contribution in [0, 0.1) is 22.7 Å². The SMILES string of the molecule is N.N#Cc1cccc(C#N)c1.O=C(O)O.O=C(O)O. The van der Waals surface area contributed by atoms with Gasteiger partial charge in [-0.15, -0.1) is 0 Å². The molecule has 0 aromatic heterocycles. The Morgan fingerprint density at radius 1 is 0.895 bits per heavy atom. The molecule has 7 N–H and O–H groups in total. The van der Waals surface area contributed by atoms with Crippen molar-refractivity contribution in [3.8, 4) is 12.1 Å². The predicted octanol–water partition coefficient (Wildman–Crippen LogP) is 2.04. The zero-order valence-corrected chi connectivity index (χ0v) is 9.52. The van der Waals surface area contributed by atoms with E-state index in [2.05, 4.69) is 0 Å². The molecule has 0 aliphatic heterocycles. The maximum absolute atomic E-state index is 8.56. The molecule has 9 nitrogen and oxygen atoms in total. The molecule has 0 atom stereocenters. The van der Waals surface area contributed by atoms with Gasteiger partial charge in [0.2, 0.25) is 0 Å². The van der Waals surface area contributed by atoms with Gasteiger partial charge in [0, 0.05) is 0 Å². The van der Waals surface area contributed by atoms with E-state index in [4.69, 9.17) is 40.5 Å². The minimum Gasteiger partial charge on any atom is -0.450 e. The van der Waals surface area contributed by atoms with Gasteiger partial charge in [-0.25, -0.2) is 9.59 Å². The molecule has 9 heteroatoms. The highest BCUT2D eigenvalue weighted by atomic mass is 16.6. The van der Waals surface area contributed by atoms with Crippen molar-refractivity contribution < 1.29 is 30.0 Å². The smallest absolute Gasteiger partial charge is 0.450 e. The highest BCUT2D eigenvalue weighted by molar-refractivity contribution is 5.53. The molecular formula is C10H11N3O6. The third-order valence-corrected chi connectivity index (χ3v) is 1.12. The van der Waals surface area contributed by atoms with Gasteiger partial charge in [0.15, 0.2) is 0 Å². The Morgan fingerprint density at radius 3 is 1.37 bits per heavy atom. The molecule has 0 aliphatic rings. The summed E-state index contributed by atoms with van der Waals surface area (Å²) in [5.41, 5.74) is 1.05. The summed E-state index contributed by atoms with van der Waals surface area (Å²) in [6.07, 6.45) is -3.67. The van der Waals surface area contributed by atoms with E-state index in [0.29, 0.717) is 11.1 Å². The van der Waals surface area contributed by atoms with Crippen LogP contribution in [-0.2, 0) is 0 Å². The number of rotatable bonds is 0. The van der Waals surface area contributed by atoms with Crippen LogP contribution in [0.1, 0.15) is 11.1 Å². The maximum atomic E-state index is 8.56. The Balaban J connectivity index is -0.000000242. The van der Waals surface area contributed by atoms with Gasteiger partial charge in [-0.1, -0.05) is 6.07 Å².